The lowest BCUT2D eigenvalue weighted by Gasteiger charge is -2.14. The van der Waals surface area contributed by atoms with E-state index >= 15 is 0 Å². The molecule has 1 rings (SSSR count). The maximum Gasteiger partial charge on any atom is 0.244 e. The molecule has 0 heterocycles. The van der Waals surface area contributed by atoms with E-state index < -0.39 is 16.1 Å². The van der Waals surface area contributed by atoms with Crippen LogP contribution in [0.4, 0.5) is 0 Å². The molecule has 0 fully saturated rings. The van der Waals surface area contributed by atoms with Crippen molar-refractivity contribution in [1.82, 2.24) is 4.72 Å². The predicted molar refractivity (Wildman–Crippen MR) is 71.4 cm³/mol. The maximum atomic E-state index is 12.1. The summed E-state index contributed by atoms with van der Waals surface area (Å²) in [7, 11) is -1.10. The molecule has 0 bridgehead atoms. The zero-order valence-electron chi connectivity index (χ0n) is 10.8. The van der Waals surface area contributed by atoms with Crippen LogP contribution in [0.5, 0.6) is 11.5 Å². The number of aliphatic hydroxyl groups is 1. The average Bonchev–Trinajstić information content (AvgIpc) is 2.35. The molecule has 0 spiro atoms. The number of halogens is 1. The molecule has 2 N–H and O–H groups in total. The van der Waals surface area contributed by atoms with Crippen LogP contribution in [0.25, 0.3) is 0 Å². The summed E-state index contributed by atoms with van der Waals surface area (Å²) in [6.07, 6.45) is -0.796. The van der Waals surface area contributed by atoms with Gasteiger partial charge in [0.05, 0.1) is 25.3 Å². The highest BCUT2D eigenvalue weighted by atomic mass is 35.5. The van der Waals surface area contributed by atoms with Gasteiger partial charge >= 0.3 is 0 Å². The van der Waals surface area contributed by atoms with E-state index in [1.165, 1.54) is 33.3 Å². The summed E-state index contributed by atoms with van der Waals surface area (Å²) < 4.78 is 36.4. The van der Waals surface area contributed by atoms with Gasteiger partial charge in [-0.15, -0.1) is 0 Å². The Hall–Kier alpha value is -1.02. The summed E-state index contributed by atoms with van der Waals surface area (Å²) in [5, 5.41) is 9.37. The average molecular weight is 310 g/mol. The summed E-state index contributed by atoms with van der Waals surface area (Å²) >= 11 is 5.90. The monoisotopic (exact) mass is 309 g/mol. The highest BCUT2D eigenvalue weighted by molar-refractivity contribution is 7.89. The van der Waals surface area contributed by atoms with Gasteiger partial charge in [-0.3, -0.25) is 0 Å². The Balaban J connectivity index is 3.24. The Bertz CT molecular complexity index is 544. The molecule has 8 heteroatoms. The standard InChI is InChI=1S/C11H16ClNO5S/c1-7(14)6-13-19(15,16)11-5-9(17-2)8(12)4-10(11)18-3/h4-5,7,13-14H,6H2,1-3H3/t7-/m1/s1. The van der Waals surface area contributed by atoms with Gasteiger partial charge in [0.25, 0.3) is 0 Å². The summed E-state index contributed by atoms with van der Waals surface area (Å²) in [6, 6.07) is 2.63. The molecule has 1 aromatic carbocycles. The smallest absolute Gasteiger partial charge is 0.244 e. The number of hydrogen-bond acceptors (Lipinski definition) is 5. The SMILES string of the molecule is COc1cc(S(=O)(=O)NC[C@@H](C)O)c(OC)cc1Cl. The van der Waals surface area contributed by atoms with Gasteiger partial charge in [-0.2, -0.15) is 0 Å². The van der Waals surface area contributed by atoms with Crippen molar-refractivity contribution in [3.8, 4) is 11.5 Å². The molecule has 0 saturated carbocycles. The number of aliphatic hydroxyl groups excluding tert-OH is 1. The van der Waals surface area contributed by atoms with Gasteiger partial charge in [0.1, 0.15) is 16.4 Å². The Kier molecular flexibility index (Phi) is 5.42. The van der Waals surface area contributed by atoms with E-state index in [1.807, 2.05) is 0 Å². The van der Waals surface area contributed by atoms with Gasteiger partial charge in [-0.1, -0.05) is 11.6 Å². The first-order chi connectivity index (χ1) is 8.81. The largest absolute Gasteiger partial charge is 0.495 e. The third kappa shape index (κ3) is 3.97. The molecule has 108 valence electrons. The lowest BCUT2D eigenvalue weighted by molar-refractivity contribution is 0.198. The van der Waals surface area contributed by atoms with Gasteiger partial charge in [-0.25, -0.2) is 13.1 Å². The third-order valence-electron chi connectivity index (χ3n) is 2.30. The van der Waals surface area contributed by atoms with Gasteiger partial charge in [0.2, 0.25) is 10.0 Å². The van der Waals surface area contributed by atoms with Crippen molar-refractivity contribution in [2.24, 2.45) is 0 Å². The van der Waals surface area contributed by atoms with E-state index in [2.05, 4.69) is 4.72 Å². The van der Waals surface area contributed by atoms with Crippen molar-refractivity contribution in [1.29, 1.82) is 0 Å². The fraction of sp³-hybridized carbons (Fsp3) is 0.455. The number of methoxy groups -OCH3 is 2. The molecule has 0 saturated heterocycles. The summed E-state index contributed by atoms with van der Waals surface area (Å²) in [4.78, 5) is -0.100. The van der Waals surface area contributed by atoms with Gasteiger partial charge in [0, 0.05) is 18.7 Å². The van der Waals surface area contributed by atoms with E-state index in [0.717, 1.165) is 0 Å². The van der Waals surface area contributed by atoms with Gasteiger partial charge < -0.3 is 14.6 Å². The van der Waals surface area contributed by atoms with E-state index in [9.17, 15) is 8.42 Å². The molecule has 6 nitrogen and oxygen atoms in total. The highest BCUT2D eigenvalue weighted by Crippen LogP contribution is 2.34. The molecule has 0 aromatic heterocycles. The predicted octanol–water partition coefficient (Wildman–Crippen LogP) is 1.02. The first kappa shape index (κ1) is 16.0. The summed E-state index contributed by atoms with van der Waals surface area (Å²) in [5.74, 6) is 0.323. The van der Waals surface area contributed by atoms with Crippen molar-refractivity contribution < 1.29 is 23.0 Å². The Morgan fingerprint density at radius 2 is 1.89 bits per heavy atom. The van der Waals surface area contributed by atoms with Crippen LogP contribution in [0, 0.1) is 0 Å². The molecular formula is C11H16ClNO5S. The number of rotatable bonds is 6. The summed E-state index contributed by atoms with van der Waals surface area (Å²) in [6.45, 7) is 1.37. The zero-order chi connectivity index (χ0) is 14.6. The molecule has 0 amide bonds. The third-order valence-corrected chi connectivity index (χ3v) is 4.04. The molecule has 19 heavy (non-hydrogen) atoms. The van der Waals surface area contributed by atoms with Crippen LogP contribution < -0.4 is 14.2 Å². The van der Waals surface area contributed by atoms with Crippen molar-refractivity contribution in [3.63, 3.8) is 0 Å². The first-order valence-corrected chi connectivity index (χ1v) is 7.27. The van der Waals surface area contributed by atoms with Crippen molar-refractivity contribution in [3.05, 3.63) is 17.2 Å². The van der Waals surface area contributed by atoms with E-state index in [-0.39, 0.29) is 28.0 Å². The van der Waals surface area contributed by atoms with Crippen LogP contribution in [-0.2, 0) is 10.0 Å². The molecule has 0 radical (unpaired) electrons. The van der Waals surface area contributed by atoms with Crippen LogP contribution in [0.1, 0.15) is 6.92 Å². The Labute approximate surface area is 117 Å². The number of benzene rings is 1. The van der Waals surface area contributed by atoms with Gasteiger partial charge in [-0.05, 0) is 6.92 Å². The second-order valence-corrected chi connectivity index (χ2v) is 5.98. The molecule has 0 aliphatic heterocycles. The Morgan fingerprint density at radius 1 is 1.32 bits per heavy atom. The molecule has 0 aliphatic carbocycles. The van der Waals surface area contributed by atoms with Crippen LogP contribution in [-0.4, -0.2) is 40.4 Å². The Morgan fingerprint density at radius 3 is 2.37 bits per heavy atom. The minimum Gasteiger partial charge on any atom is -0.495 e. The van der Waals surface area contributed by atoms with E-state index in [0.29, 0.717) is 0 Å². The fourth-order valence-corrected chi connectivity index (χ4v) is 2.87. The number of hydrogen-bond donors (Lipinski definition) is 2. The lowest BCUT2D eigenvalue weighted by Crippen LogP contribution is -2.30. The van der Waals surface area contributed by atoms with Gasteiger partial charge in [0.15, 0.2) is 0 Å². The second kappa shape index (κ2) is 6.42. The van der Waals surface area contributed by atoms with Crippen molar-refractivity contribution >= 4 is 21.6 Å². The van der Waals surface area contributed by atoms with Crippen molar-refractivity contribution in [2.45, 2.75) is 17.9 Å². The zero-order valence-corrected chi connectivity index (χ0v) is 12.4. The minimum atomic E-state index is -3.82. The van der Waals surface area contributed by atoms with Crippen LogP contribution in [0.3, 0.4) is 0 Å². The number of sulfonamides is 1. The van der Waals surface area contributed by atoms with Crippen molar-refractivity contribution in [2.75, 3.05) is 20.8 Å². The topological polar surface area (TPSA) is 84.9 Å². The molecule has 0 unspecified atom stereocenters. The second-order valence-electron chi connectivity index (χ2n) is 3.84. The lowest BCUT2D eigenvalue weighted by atomic mass is 10.3. The van der Waals surface area contributed by atoms with E-state index in [1.54, 1.807) is 0 Å². The fourth-order valence-electron chi connectivity index (χ4n) is 1.35. The first-order valence-electron chi connectivity index (χ1n) is 5.41. The molecule has 1 aromatic rings. The molecule has 1 atom stereocenters. The van der Waals surface area contributed by atoms with E-state index in [4.69, 9.17) is 26.2 Å². The van der Waals surface area contributed by atoms with Crippen LogP contribution >= 0.6 is 11.6 Å². The molecule has 0 aliphatic rings. The van der Waals surface area contributed by atoms with Crippen LogP contribution in [0.2, 0.25) is 5.02 Å². The van der Waals surface area contributed by atoms with Crippen LogP contribution in [0.15, 0.2) is 17.0 Å². The highest BCUT2D eigenvalue weighted by Gasteiger charge is 2.22. The minimum absolute atomic E-state index is 0.100. The quantitative estimate of drug-likeness (QED) is 0.819. The summed E-state index contributed by atoms with van der Waals surface area (Å²) in [5.41, 5.74) is 0. The number of nitrogens with one attached hydrogen (secondary N) is 1. The molecular weight excluding hydrogens is 294 g/mol. The normalized spacial score (nSPS) is 13.1. The number of ether oxygens (including phenoxy) is 2. The maximum absolute atomic E-state index is 12.1.